The van der Waals surface area contributed by atoms with Gasteiger partial charge in [-0.3, -0.25) is 4.68 Å². The highest BCUT2D eigenvalue weighted by Crippen LogP contribution is 2.24. The third-order valence-electron chi connectivity index (χ3n) is 2.99. The molecule has 0 bridgehead atoms. The Kier molecular flexibility index (Phi) is 5.00. The van der Waals surface area contributed by atoms with E-state index in [1.165, 1.54) is 24.2 Å². The van der Waals surface area contributed by atoms with Crippen molar-refractivity contribution in [3.05, 3.63) is 47.2 Å². The van der Waals surface area contributed by atoms with Gasteiger partial charge in [-0.1, -0.05) is 29.8 Å². The van der Waals surface area contributed by atoms with Crippen LogP contribution in [0.1, 0.15) is 11.7 Å². The predicted molar refractivity (Wildman–Crippen MR) is 79.6 cm³/mol. The highest BCUT2D eigenvalue weighted by atomic mass is 35.5. The average Bonchev–Trinajstić information content (AvgIpc) is 2.89. The highest BCUT2D eigenvalue weighted by Gasteiger charge is 2.20. The van der Waals surface area contributed by atoms with E-state index in [1.54, 1.807) is 25.2 Å². The van der Waals surface area contributed by atoms with Crippen LogP contribution in [0.5, 0.6) is 0 Å². The third kappa shape index (κ3) is 3.82. The van der Waals surface area contributed by atoms with Gasteiger partial charge in [0.15, 0.2) is 0 Å². The number of nitrogens with one attached hydrogen (secondary N) is 1. The van der Waals surface area contributed by atoms with Crippen LogP contribution >= 0.6 is 11.6 Å². The molecule has 0 aliphatic carbocycles. The summed E-state index contributed by atoms with van der Waals surface area (Å²) < 4.78 is 33.5. The minimum atomic E-state index is -3.62. The maximum Gasteiger partial charge on any atom is 0.243 e. The molecule has 0 spiro atoms. The number of hydrogen-bond acceptors (Lipinski definition) is 4. The average molecular weight is 330 g/mol. The molecule has 1 heterocycles. The molecule has 0 amide bonds. The number of sulfonamides is 1. The summed E-state index contributed by atoms with van der Waals surface area (Å²) in [5, 5.41) is 4.38. The van der Waals surface area contributed by atoms with Gasteiger partial charge in [0.25, 0.3) is 0 Å². The molecule has 0 aliphatic heterocycles. The Morgan fingerprint density at radius 1 is 1.43 bits per heavy atom. The number of halogens is 1. The molecular weight excluding hydrogens is 314 g/mol. The smallest absolute Gasteiger partial charge is 0.243 e. The standard InChI is InChI=1S/C13H16ClN3O3S/c1-17-9-10(7-15-17)21(18,19)16-8-13(20-2)11-5-3-4-6-12(11)14/h3-7,9,13,16H,8H2,1-2H3/t13-/m0/s1. The second-order valence-corrected chi connectivity index (χ2v) is 6.62. The fraction of sp³-hybridized carbons (Fsp3) is 0.308. The van der Waals surface area contributed by atoms with Crippen molar-refractivity contribution in [2.24, 2.45) is 7.05 Å². The number of aryl methyl sites for hydroxylation is 1. The minimum Gasteiger partial charge on any atom is -0.375 e. The number of aromatic nitrogens is 2. The maximum absolute atomic E-state index is 12.1. The molecule has 0 aliphatic rings. The van der Waals surface area contributed by atoms with Gasteiger partial charge in [0.2, 0.25) is 10.0 Å². The Morgan fingerprint density at radius 3 is 2.71 bits per heavy atom. The van der Waals surface area contributed by atoms with E-state index in [1.807, 2.05) is 6.07 Å². The number of ether oxygens (including phenoxy) is 1. The van der Waals surface area contributed by atoms with Gasteiger partial charge in [-0.25, -0.2) is 13.1 Å². The monoisotopic (exact) mass is 329 g/mol. The number of benzene rings is 1. The van der Waals surface area contributed by atoms with Crippen LogP contribution in [0, 0.1) is 0 Å². The van der Waals surface area contributed by atoms with Crippen molar-refractivity contribution in [2.45, 2.75) is 11.0 Å². The minimum absolute atomic E-state index is 0.0808. The first kappa shape index (κ1) is 16.0. The molecule has 1 N–H and O–H groups in total. The lowest BCUT2D eigenvalue weighted by Crippen LogP contribution is -2.29. The zero-order chi connectivity index (χ0) is 15.5. The first-order chi connectivity index (χ1) is 9.94. The van der Waals surface area contributed by atoms with E-state index in [4.69, 9.17) is 16.3 Å². The second kappa shape index (κ2) is 6.57. The van der Waals surface area contributed by atoms with E-state index in [9.17, 15) is 8.42 Å². The highest BCUT2D eigenvalue weighted by molar-refractivity contribution is 7.89. The molecule has 0 radical (unpaired) electrons. The third-order valence-corrected chi connectivity index (χ3v) is 4.71. The quantitative estimate of drug-likeness (QED) is 0.876. The van der Waals surface area contributed by atoms with Crippen molar-refractivity contribution in [1.82, 2.24) is 14.5 Å². The molecule has 0 unspecified atom stereocenters. The summed E-state index contributed by atoms with van der Waals surface area (Å²) in [7, 11) is -0.462. The lowest BCUT2D eigenvalue weighted by molar-refractivity contribution is 0.107. The Bertz CT molecular complexity index is 715. The summed E-state index contributed by atoms with van der Waals surface area (Å²) in [4.78, 5) is 0.110. The molecule has 0 saturated carbocycles. The van der Waals surface area contributed by atoms with Gasteiger partial charge in [-0.15, -0.1) is 0 Å². The van der Waals surface area contributed by atoms with Crippen LogP contribution < -0.4 is 4.72 Å². The molecule has 2 aromatic rings. The summed E-state index contributed by atoms with van der Waals surface area (Å²) in [5.74, 6) is 0. The van der Waals surface area contributed by atoms with Crippen LogP contribution in [-0.4, -0.2) is 31.9 Å². The molecule has 2 rings (SSSR count). The molecular formula is C13H16ClN3O3S. The van der Waals surface area contributed by atoms with E-state index < -0.39 is 16.1 Å². The molecule has 0 fully saturated rings. The topological polar surface area (TPSA) is 73.2 Å². The van der Waals surface area contributed by atoms with Gasteiger partial charge < -0.3 is 4.74 Å². The van der Waals surface area contributed by atoms with Gasteiger partial charge >= 0.3 is 0 Å². The first-order valence-electron chi connectivity index (χ1n) is 6.19. The molecule has 1 aromatic heterocycles. The number of methoxy groups -OCH3 is 1. The number of hydrogen-bond donors (Lipinski definition) is 1. The van der Waals surface area contributed by atoms with Crippen LogP contribution in [0.3, 0.4) is 0 Å². The van der Waals surface area contributed by atoms with Gasteiger partial charge in [0.05, 0.1) is 12.3 Å². The fourth-order valence-electron chi connectivity index (χ4n) is 1.86. The molecule has 114 valence electrons. The zero-order valence-corrected chi connectivity index (χ0v) is 13.2. The van der Waals surface area contributed by atoms with E-state index in [2.05, 4.69) is 9.82 Å². The predicted octanol–water partition coefficient (Wildman–Crippen LogP) is 1.74. The van der Waals surface area contributed by atoms with Gasteiger partial charge in [-0.05, 0) is 6.07 Å². The molecule has 8 heteroatoms. The normalized spacial score (nSPS) is 13.3. The van der Waals surface area contributed by atoms with Crippen molar-refractivity contribution < 1.29 is 13.2 Å². The van der Waals surface area contributed by atoms with Gasteiger partial charge in [-0.2, -0.15) is 5.10 Å². The SMILES string of the molecule is CO[C@@H](CNS(=O)(=O)c1cnn(C)c1)c1ccccc1Cl. The number of nitrogens with zero attached hydrogens (tertiary/aromatic N) is 2. The van der Waals surface area contributed by atoms with Crippen LogP contribution in [0.15, 0.2) is 41.6 Å². The summed E-state index contributed by atoms with van der Waals surface area (Å²) in [6, 6.07) is 7.16. The Hall–Kier alpha value is -1.41. The van der Waals surface area contributed by atoms with Crippen molar-refractivity contribution in [2.75, 3.05) is 13.7 Å². The Morgan fingerprint density at radius 2 is 2.14 bits per heavy atom. The van der Waals surface area contributed by atoms with Crippen molar-refractivity contribution in [1.29, 1.82) is 0 Å². The van der Waals surface area contributed by atoms with Crippen molar-refractivity contribution in [3.63, 3.8) is 0 Å². The largest absolute Gasteiger partial charge is 0.375 e. The van der Waals surface area contributed by atoms with Crippen molar-refractivity contribution in [3.8, 4) is 0 Å². The van der Waals surface area contributed by atoms with Crippen LogP contribution in [0.4, 0.5) is 0 Å². The molecule has 6 nitrogen and oxygen atoms in total. The van der Waals surface area contributed by atoms with Crippen LogP contribution in [0.2, 0.25) is 5.02 Å². The van der Waals surface area contributed by atoms with Crippen LogP contribution in [-0.2, 0) is 21.8 Å². The van der Waals surface area contributed by atoms with E-state index in [0.29, 0.717) is 5.02 Å². The lowest BCUT2D eigenvalue weighted by atomic mass is 10.1. The summed E-state index contributed by atoms with van der Waals surface area (Å²) >= 11 is 6.10. The molecule has 1 aromatic carbocycles. The molecule has 0 saturated heterocycles. The van der Waals surface area contributed by atoms with Crippen molar-refractivity contribution >= 4 is 21.6 Å². The summed E-state index contributed by atoms with van der Waals surface area (Å²) in [5.41, 5.74) is 0.732. The molecule has 21 heavy (non-hydrogen) atoms. The maximum atomic E-state index is 12.1. The Labute approximate surface area is 128 Å². The van der Waals surface area contributed by atoms with Crippen LogP contribution in [0.25, 0.3) is 0 Å². The van der Waals surface area contributed by atoms with E-state index in [0.717, 1.165) is 5.56 Å². The first-order valence-corrected chi connectivity index (χ1v) is 8.05. The summed E-state index contributed by atoms with van der Waals surface area (Å²) in [6.45, 7) is 0.0808. The lowest BCUT2D eigenvalue weighted by Gasteiger charge is -2.17. The van der Waals surface area contributed by atoms with E-state index in [-0.39, 0.29) is 11.4 Å². The second-order valence-electron chi connectivity index (χ2n) is 4.45. The molecule has 1 atom stereocenters. The van der Waals surface area contributed by atoms with Gasteiger partial charge in [0, 0.05) is 37.5 Å². The van der Waals surface area contributed by atoms with Gasteiger partial charge in [0.1, 0.15) is 4.90 Å². The van der Waals surface area contributed by atoms with E-state index >= 15 is 0 Å². The zero-order valence-electron chi connectivity index (χ0n) is 11.7. The Balaban J connectivity index is 2.12. The fourth-order valence-corrected chi connectivity index (χ4v) is 3.13. The summed E-state index contributed by atoms with van der Waals surface area (Å²) in [6.07, 6.45) is 2.25. The number of rotatable bonds is 6.